The van der Waals surface area contributed by atoms with Crippen LogP contribution in [0.1, 0.15) is 71.6 Å². The van der Waals surface area contributed by atoms with E-state index < -0.39 is 11.8 Å². The van der Waals surface area contributed by atoms with Crippen LogP contribution in [0.5, 0.6) is 0 Å². The Bertz CT molecular complexity index is 661. The first-order valence-corrected chi connectivity index (χ1v) is 10.8. The normalized spacial score (nSPS) is 43.0. The molecular formula is C23H34O4. The first-order chi connectivity index (χ1) is 12.9. The first-order valence-electron chi connectivity index (χ1n) is 10.8. The Hall–Kier alpha value is -1.29. The zero-order valence-corrected chi connectivity index (χ0v) is 17.0. The van der Waals surface area contributed by atoms with Crippen LogP contribution in [0, 0.1) is 29.1 Å². The molecule has 4 rings (SSSR count). The van der Waals surface area contributed by atoms with Gasteiger partial charge in [0.1, 0.15) is 5.76 Å². The van der Waals surface area contributed by atoms with E-state index in [0.717, 1.165) is 38.0 Å². The van der Waals surface area contributed by atoms with Crippen molar-refractivity contribution in [2.45, 2.75) is 77.2 Å². The Labute approximate surface area is 163 Å². The van der Waals surface area contributed by atoms with E-state index in [9.17, 15) is 9.90 Å². The van der Waals surface area contributed by atoms with Crippen molar-refractivity contribution in [3.63, 3.8) is 0 Å². The molecule has 0 unspecified atom stereocenters. The van der Waals surface area contributed by atoms with Gasteiger partial charge in [0.15, 0.2) is 0 Å². The summed E-state index contributed by atoms with van der Waals surface area (Å²) in [5.41, 5.74) is 1.08. The SMILES string of the molecule is CCC[C@]12CC[C@H]3[C@@H](CCC4=CC(OC(=O)OC)=CC[C@@H]43)[C@@H]1CC[C@]2(C)O. The third kappa shape index (κ3) is 2.95. The third-order valence-electron chi connectivity index (χ3n) is 8.44. The standard InChI is InChI=1S/C23H34O4/c1-4-11-23-13-9-18-17-8-6-16(27-21(24)26-3)14-15(17)5-7-19(18)20(23)10-12-22(23,2)25/h6,14,17-20,25H,4-5,7-13H2,1-3H3/t17-,18+,19+,20-,22-,23-/m0/s1. The zero-order chi connectivity index (χ0) is 19.2. The van der Waals surface area contributed by atoms with Gasteiger partial charge in [0, 0.05) is 5.41 Å². The van der Waals surface area contributed by atoms with Gasteiger partial charge in [-0.15, -0.1) is 0 Å². The molecule has 0 radical (unpaired) electrons. The molecule has 0 amide bonds. The van der Waals surface area contributed by atoms with Gasteiger partial charge in [0.25, 0.3) is 0 Å². The van der Waals surface area contributed by atoms with Crippen LogP contribution in [-0.2, 0) is 9.47 Å². The van der Waals surface area contributed by atoms with Crippen LogP contribution in [0.15, 0.2) is 23.5 Å². The number of fused-ring (bicyclic) bond motifs is 5. The number of allylic oxidation sites excluding steroid dienone is 3. The molecule has 0 aromatic rings. The minimum Gasteiger partial charge on any atom is -0.437 e. The van der Waals surface area contributed by atoms with Crippen molar-refractivity contribution in [2.24, 2.45) is 29.1 Å². The molecule has 4 aliphatic rings. The van der Waals surface area contributed by atoms with Gasteiger partial charge in [-0.05, 0) is 94.1 Å². The van der Waals surface area contributed by atoms with Crippen LogP contribution >= 0.6 is 0 Å². The third-order valence-corrected chi connectivity index (χ3v) is 8.44. The van der Waals surface area contributed by atoms with E-state index >= 15 is 0 Å². The van der Waals surface area contributed by atoms with Crippen molar-refractivity contribution < 1.29 is 19.4 Å². The van der Waals surface area contributed by atoms with Crippen LogP contribution in [0.2, 0.25) is 0 Å². The quantitative estimate of drug-likeness (QED) is 0.675. The molecule has 4 aliphatic carbocycles. The molecular weight excluding hydrogens is 340 g/mol. The van der Waals surface area contributed by atoms with Crippen LogP contribution < -0.4 is 0 Å². The van der Waals surface area contributed by atoms with Gasteiger partial charge < -0.3 is 14.6 Å². The lowest BCUT2D eigenvalue weighted by Crippen LogP contribution is -2.52. The molecule has 0 saturated heterocycles. The van der Waals surface area contributed by atoms with Gasteiger partial charge in [-0.1, -0.05) is 18.9 Å². The van der Waals surface area contributed by atoms with Crippen molar-refractivity contribution in [2.75, 3.05) is 7.11 Å². The largest absolute Gasteiger partial charge is 0.513 e. The molecule has 4 heteroatoms. The summed E-state index contributed by atoms with van der Waals surface area (Å²) >= 11 is 0. The molecule has 3 saturated carbocycles. The molecule has 6 atom stereocenters. The smallest absolute Gasteiger partial charge is 0.437 e. The average Bonchev–Trinajstić information content (AvgIpc) is 2.92. The number of carbonyl (C=O) groups is 1. The molecule has 1 N–H and O–H groups in total. The molecule has 0 aromatic heterocycles. The molecule has 0 heterocycles. The summed E-state index contributed by atoms with van der Waals surface area (Å²) in [7, 11) is 1.34. The number of ether oxygens (including phenoxy) is 2. The Morgan fingerprint density at radius 3 is 2.81 bits per heavy atom. The summed E-state index contributed by atoms with van der Waals surface area (Å²) in [6.07, 6.45) is 13.6. The molecule has 27 heavy (non-hydrogen) atoms. The van der Waals surface area contributed by atoms with Crippen LogP contribution in [-0.4, -0.2) is 24.0 Å². The second-order valence-electron chi connectivity index (χ2n) is 9.45. The highest BCUT2D eigenvalue weighted by molar-refractivity contribution is 5.62. The maximum Gasteiger partial charge on any atom is 0.513 e. The molecule has 4 nitrogen and oxygen atoms in total. The van der Waals surface area contributed by atoms with Gasteiger partial charge in [-0.2, -0.15) is 0 Å². The Morgan fingerprint density at radius 1 is 1.26 bits per heavy atom. The summed E-state index contributed by atoms with van der Waals surface area (Å²) in [5.74, 6) is 3.34. The molecule has 0 bridgehead atoms. The van der Waals surface area contributed by atoms with Crippen molar-refractivity contribution in [1.29, 1.82) is 0 Å². The highest BCUT2D eigenvalue weighted by Crippen LogP contribution is 2.66. The van der Waals surface area contributed by atoms with Crippen molar-refractivity contribution in [3.8, 4) is 0 Å². The lowest BCUT2D eigenvalue weighted by molar-refractivity contribution is -0.122. The van der Waals surface area contributed by atoms with E-state index in [1.807, 2.05) is 0 Å². The van der Waals surface area contributed by atoms with Crippen LogP contribution in [0.3, 0.4) is 0 Å². The van der Waals surface area contributed by atoms with Crippen LogP contribution in [0.4, 0.5) is 4.79 Å². The second kappa shape index (κ2) is 6.95. The topological polar surface area (TPSA) is 55.8 Å². The zero-order valence-electron chi connectivity index (χ0n) is 17.0. The highest BCUT2D eigenvalue weighted by atomic mass is 16.7. The van der Waals surface area contributed by atoms with Crippen molar-refractivity contribution in [1.82, 2.24) is 0 Å². The molecule has 150 valence electrons. The fourth-order valence-electron chi connectivity index (χ4n) is 7.31. The molecule has 3 fully saturated rings. The monoisotopic (exact) mass is 374 g/mol. The van der Waals surface area contributed by atoms with Crippen molar-refractivity contribution >= 4 is 6.16 Å². The fourth-order valence-corrected chi connectivity index (χ4v) is 7.31. The van der Waals surface area contributed by atoms with Crippen LogP contribution in [0.25, 0.3) is 0 Å². The lowest BCUT2D eigenvalue weighted by Gasteiger charge is -2.56. The molecule has 0 aromatic carbocycles. The lowest BCUT2D eigenvalue weighted by atomic mass is 9.49. The van der Waals surface area contributed by atoms with Crippen molar-refractivity contribution in [3.05, 3.63) is 23.5 Å². The predicted molar refractivity (Wildman–Crippen MR) is 104 cm³/mol. The number of methoxy groups -OCH3 is 1. The highest BCUT2D eigenvalue weighted by Gasteiger charge is 2.62. The Morgan fingerprint density at radius 2 is 2.07 bits per heavy atom. The maximum absolute atomic E-state index is 11.4. The molecule has 0 aliphatic heterocycles. The fraction of sp³-hybridized carbons (Fsp3) is 0.783. The second-order valence-corrected chi connectivity index (χ2v) is 9.45. The average molecular weight is 375 g/mol. The van der Waals surface area contributed by atoms with Gasteiger partial charge in [0.2, 0.25) is 0 Å². The summed E-state index contributed by atoms with van der Waals surface area (Å²) in [6, 6.07) is 0. The number of aliphatic hydroxyl groups is 1. The van der Waals surface area contributed by atoms with E-state index in [2.05, 4.69) is 30.7 Å². The maximum atomic E-state index is 11.4. The number of carbonyl (C=O) groups excluding carboxylic acids is 1. The minimum atomic E-state index is -0.638. The van der Waals surface area contributed by atoms with E-state index in [-0.39, 0.29) is 5.41 Å². The number of hydrogen-bond donors (Lipinski definition) is 1. The Kier molecular flexibility index (Phi) is 4.90. The van der Waals surface area contributed by atoms with E-state index in [1.54, 1.807) is 0 Å². The van der Waals surface area contributed by atoms with Gasteiger partial charge in [-0.3, -0.25) is 0 Å². The first kappa shape index (κ1) is 19.0. The number of hydrogen-bond acceptors (Lipinski definition) is 4. The summed E-state index contributed by atoms with van der Waals surface area (Å²) in [4.78, 5) is 11.4. The van der Waals surface area contributed by atoms with Gasteiger partial charge in [0.05, 0.1) is 12.7 Å². The summed E-state index contributed by atoms with van der Waals surface area (Å²) in [5, 5.41) is 11.3. The molecule has 0 spiro atoms. The minimum absolute atomic E-state index is 0.133. The summed E-state index contributed by atoms with van der Waals surface area (Å²) < 4.78 is 9.88. The predicted octanol–water partition coefficient (Wildman–Crippen LogP) is 5.37. The van der Waals surface area contributed by atoms with E-state index in [0.29, 0.717) is 23.5 Å². The number of rotatable bonds is 3. The Balaban J connectivity index is 1.54. The van der Waals surface area contributed by atoms with E-state index in [1.165, 1.54) is 38.4 Å². The van der Waals surface area contributed by atoms with E-state index in [4.69, 9.17) is 4.74 Å². The van der Waals surface area contributed by atoms with Gasteiger partial charge >= 0.3 is 6.16 Å². The van der Waals surface area contributed by atoms with Gasteiger partial charge in [-0.25, -0.2) is 4.79 Å². The summed E-state index contributed by atoms with van der Waals surface area (Å²) in [6.45, 7) is 4.37.